The third kappa shape index (κ3) is 2.10. The van der Waals surface area contributed by atoms with Gasteiger partial charge in [-0.15, -0.1) is 0 Å². The molecule has 84 valence electrons. The molecule has 1 N–H and O–H groups in total. The van der Waals surface area contributed by atoms with Gasteiger partial charge in [0.25, 0.3) is 0 Å². The number of aliphatic hydroxyl groups excluding tert-OH is 1. The minimum absolute atomic E-state index is 0.0517. The first-order chi connectivity index (χ1) is 7.85. The second-order valence-corrected chi connectivity index (χ2v) is 3.84. The van der Waals surface area contributed by atoms with E-state index in [-0.39, 0.29) is 12.5 Å². The molecule has 0 radical (unpaired) electrons. The third-order valence-corrected chi connectivity index (χ3v) is 2.84. The summed E-state index contributed by atoms with van der Waals surface area (Å²) in [6.07, 6.45) is 0.778. The summed E-state index contributed by atoms with van der Waals surface area (Å²) in [4.78, 5) is 2.75. The molecule has 0 saturated carbocycles. The molecule has 16 heavy (non-hydrogen) atoms. The summed E-state index contributed by atoms with van der Waals surface area (Å²) >= 11 is 0. The van der Waals surface area contributed by atoms with Crippen LogP contribution >= 0.6 is 0 Å². The molecule has 2 rings (SSSR count). The second kappa shape index (κ2) is 4.88. The molecule has 5 heteroatoms. The van der Waals surface area contributed by atoms with E-state index >= 15 is 0 Å². The fourth-order valence-electron chi connectivity index (χ4n) is 1.94. The molecule has 0 aliphatic carbocycles. The van der Waals surface area contributed by atoms with Crippen molar-refractivity contribution in [3.05, 3.63) is 40.3 Å². The highest BCUT2D eigenvalue weighted by molar-refractivity contribution is 5.35. The fourth-order valence-corrected chi connectivity index (χ4v) is 1.94. The Morgan fingerprint density at radius 2 is 2.38 bits per heavy atom. The maximum Gasteiger partial charge on any atom is 0.122 e. The number of ether oxygens (including phenoxy) is 1. The largest absolute Gasteiger partial charge is 0.493 e. The Morgan fingerprint density at radius 3 is 3.12 bits per heavy atom. The van der Waals surface area contributed by atoms with Crippen molar-refractivity contribution in [1.82, 2.24) is 0 Å². The van der Waals surface area contributed by atoms with E-state index in [0.717, 1.165) is 17.7 Å². The molecule has 0 amide bonds. The van der Waals surface area contributed by atoms with Gasteiger partial charge in [-0.05, 0) is 23.6 Å². The number of rotatable bonds is 3. The van der Waals surface area contributed by atoms with Gasteiger partial charge in [-0.3, -0.25) is 0 Å². The Kier molecular flexibility index (Phi) is 3.29. The lowest BCUT2D eigenvalue weighted by atomic mass is 9.91. The summed E-state index contributed by atoms with van der Waals surface area (Å²) in [6.45, 7) is 0.349. The van der Waals surface area contributed by atoms with Crippen LogP contribution < -0.4 is 4.74 Å². The van der Waals surface area contributed by atoms with Gasteiger partial charge in [0.05, 0.1) is 19.3 Å². The van der Waals surface area contributed by atoms with Gasteiger partial charge in [-0.25, -0.2) is 0 Å². The summed E-state index contributed by atoms with van der Waals surface area (Å²) in [6, 6.07) is 7.39. The molecule has 0 aromatic heterocycles. The van der Waals surface area contributed by atoms with Crippen molar-refractivity contribution >= 4 is 0 Å². The van der Waals surface area contributed by atoms with E-state index in [1.165, 1.54) is 0 Å². The molecule has 1 aliphatic rings. The zero-order valence-electron chi connectivity index (χ0n) is 8.78. The van der Waals surface area contributed by atoms with Crippen LogP contribution in [0.25, 0.3) is 10.4 Å². The standard InChI is InChI=1S/C11H13N3O2/c12-14-13-10(6-15)9-5-8-3-1-2-4-11(8)16-7-9/h1-4,9-10,15H,5-7H2. The van der Waals surface area contributed by atoms with Crippen LogP contribution in [-0.2, 0) is 6.42 Å². The quantitative estimate of drug-likeness (QED) is 0.478. The van der Waals surface area contributed by atoms with Gasteiger partial charge < -0.3 is 9.84 Å². The maximum absolute atomic E-state index is 9.14. The molecule has 0 fully saturated rings. The van der Waals surface area contributed by atoms with Crippen molar-refractivity contribution in [2.75, 3.05) is 13.2 Å². The van der Waals surface area contributed by atoms with Gasteiger partial charge in [0.15, 0.2) is 0 Å². The summed E-state index contributed by atoms with van der Waals surface area (Å²) in [5.74, 6) is 0.937. The molecule has 1 aromatic rings. The highest BCUT2D eigenvalue weighted by Crippen LogP contribution is 2.29. The van der Waals surface area contributed by atoms with Gasteiger partial charge >= 0.3 is 0 Å². The van der Waals surface area contributed by atoms with Crippen LogP contribution in [0.2, 0.25) is 0 Å². The fraction of sp³-hybridized carbons (Fsp3) is 0.455. The van der Waals surface area contributed by atoms with Crippen molar-refractivity contribution in [2.24, 2.45) is 11.0 Å². The van der Waals surface area contributed by atoms with Crippen molar-refractivity contribution in [2.45, 2.75) is 12.5 Å². The van der Waals surface area contributed by atoms with Crippen LogP contribution in [-0.4, -0.2) is 24.4 Å². The van der Waals surface area contributed by atoms with E-state index in [0.29, 0.717) is 6.61 Å². The summed E-state index contributed by atoms with van der Waals surface area (Å²) in [5.41, 5.74) is 9.50. The van der Waals surface area contributed by atoms with Gasteiger partial charge in [0, 0.05) is 10.8 Å². The first kappa shape index (κ1) is 10.8. The molecule has 2 atom stereocenters. The number of fused-ring (bicyclic) bond motifs is 1. The maximum atomic E-state index is 9.14. The van der Waals surface area contributed by atoms with E-state index < -0.39 is 6.04 Å². The predicted octanol–water partition coefficient (Wildman–Crippen LogP) is 1.91. The number of nitrogens with zero attached hydrogens (tertiary/aromatic N) is 3. The highest BCUT2D eigenvalue weighted by atomic mass is 16.5. The third-order valence-electron chi connectivity index (χ3n) is 2.84. The SMILES string of the molecule is [N-]=[N+]=NC(CO)C1COc2ccccc2C1. The molecule has 0 spiro atoms. The van der Waals surface area contributed by atoms with Crippen LogP contribution in [0.1, 0.15) is 5.56 Å². The van der Waals surface area contributed by atoms with Crippen LogP contribution in [0.5, 0.6) is 5.75 Å². The van der Waals surface area contributed by atoms with E-state index in [9.17, 15) is 0 Å². The summed E-state index contributed by atoms with van der Waals surface area (Å²) in [7, 11) is 0. The lowest BCUT2D eigenvalue weighted by Crippen LogP contribution is -2.32. The second-order valence-electron chi connectivity index (χ2n) is 3.84. The van der Waals surface area contributed by atoms with E-state index in [1.807, 2.05) is 24.3 Å². The smallest absolute Gasteiger partial charge is 0.122 e. The normalized spacial score (nSPS) is 20.2. The van der Waals surface area contributed by atoms with E-state index in [2.05, 4.69) is 10.0 Å². The average molecular weight is 219 g/mol. The molecule has 2 unspecified atom stereocenters. The molecule has 5 nitrogen and oxygen atoms in total. The molecule has 0 saturated heterocycles. The molecular weight excluding hydrogens is 206 g/mol. The van der Waals surface area contributed by atoms with Crippen molar-refractivity contribution in [3.63, 3.8) is 0 Å². The van der Waals surface area contributed by atoms with Crippen LogP contribution in [0.15, 0.2) is 29.4 Å². The number of aliphatic hydroxyl groups is 1. The van der Waals surface area contributed by atoms with Gasteiger partial charge in [-0.1, -0.05) is 23.3 Å². The number of azide groups is 1. The van der Waals surface area contributed by atoms with Gasteiger partial charge in [0.1, 0.15) is 5.75 Å². The first-order valence-corrected chi connectivity index (χ1v) is 5.21. The molecule has 1 heterocycles. The van der Waals surface area contributed by atoms with Crippen molar-refractivity contribution < 1.29 is 9.84 Å². The highest BCUT2D eigenvalue weighted by Gasteiger charge is 2.26. The number of hydrogen-bond acceptors (Lipinski definition) is 3. The molecule has 0 bridgehead atoms. The number of para-hydroxylation sites is 1. The Morgan fingerprint density at radius 1 is 1.56 bits per heavy atom. The van der Waals surface area contributed by atoms with Crippen LogP contribution in [0, 0.1) is 5.92 Å². The molecule has 1 aliphatic heterocycles. The van der Waals surface area contributed by atoms with Crippen LogP contribution in [0.4, 0.5) is 0 Å². The molecule has 1 aromatic carbocycles. The van der Waals surface area contributed by atoms with E-state index in [4.69, 9.17) is 15.4 Å². The summed E-state index contributed by atoms with van der Waals surface area (Å²) < 4.78 is 5.57. The topological polar surface area (TPSA) is 78.2 Å². The van der Waals surface area contributed by atoms with Crippen LogP contribution in [0.3, 0.4) is 0 Å². The molecular formula is C11H13N3O2. The van der Waals surface area contributed by atoms with Crippen molar-refractivity contribution in [1.29, 1.82) is 0 Å². The Labute approximate surface area is 93.3 Å². The summed E-state index contributed by atoms with van der Waals surface area (Å²) in [5, 5.41) is 12.7. The lowest BCUT2D eigenvalue weighted by molar-refractivity contribution is 0.157. The lowest BCUT2D eigenvalue weighted by Gasteiger charge is -2.28. The predicted molar refractivity (Wildman–Crippen MR) is 59.2 cm³/mol. The monoisotopic (exact) mass is 219 g/mol. The Bertz CT molecular complexity index is 415. The Balaban J connectivity index is 2.15. The zero-order chi connectivity index (χ0) is 11.4. The minimum atomic E-state index is -0.404. The number of hydrogen-bond donors (Lipinski definition) is 1. The zero-order valence-corrected chi connectivity index (χ0v) is 8.78. The average Bonchev–Trinajstić information content (AvgIpc) is 2.35. The number of benzene rings is 1. The first-order valence-electron chi connectivity index (χ1n) is 5.21. The minimum Gasteiger partial charge on any atom is -0.493 e. The van der Waals surface area contributed by atoms with Crippen molar-refractivity contribution in [3.8, 4) is 5.75 Å². The Hall–Kier alpha value is -1.71. The van der Waals surface area contributed by atoms with Gasteiger partial charge in [0.2, 0.25) is 0 Å². The van der Waals surface area contributed by atoms with Gasteiger partial charge in [-0.2, -0.15) is 0 Å². The van der Waals surface area contributed by atoms with E-state index in [1.54, 1.807) is 0 Å².